The first-order valence-electron chi connectivity index (χ1n) is 6.53. The van der Waals surface area contributed by atoms with E-state index in [0.29, 0.717) is 12.8 Å². The van der Waals surface area contributed by atoms with E-state index >= 15 is 0 Å². The van der Waals surface area contributed by atoms with Crippen molar-refractivity contribution in [2.45, 2.75) is 51.5 Å². The van der Waals surface area contributed by atoms with Crippen LogP contribution in [-0.2, 0) is 14.4 Å². The number of rotatable bonds is 2. The highest BCUT2D eigenvalue weighted by atomic mass is 16.4. The van der Waals surface area contributed by atoms with E-state index in [9.17, 15) is 19.5 Å². The van der Waals surface area contributed by atoms with Crippen LogP contribution in [-0.4, -0.2) is 33.3 Å². The second-order valence-electron chi connectivity index (χ2n) is 5.49. The summed E-state index contributed by atoms with van der Waals surface area (Å²) in [6.07, 6.45) is 3.26. The number of likely N-dealkylation sites (tertiary alicyclic amines) is 1. The Balaban J connectivity index is 2.40. The summed E-state index contributed by atoms with van der Waals surface area (Å²) in [5.41, 5.74) is -1.29. The number of carboxylic acids is 1. The molecule has 1 aliphatic heterocycles. The molecule has 2 amide bonds. The van der Waals surface area contributed by atoms with Gasteiger partial charge in [0.15, 0.2) is 0 Å². The maximum absolute atomic E-state index is 12.2. The molecule has 0 radical (unpaired) electrons. The molecule has 1 saturated heterocycles. The highest BCUT2D eigenvalue weighted by molar-refractivity contribution is 6.08. The number of hydrogen-bond acceptors (Lipinski definition) is 3. The maximum Gasteiger partial charge on any atom is 0.330 e. The highest BCUT2D eigenvalue weighted by Gasteiger charge is 2.56. The molecule has 1 heterocycles. The lowest BCUT2D eigenvalue weighted by Crippen LogP contribution is -2.58. The Kier molecular flexibility index (Phi) is 3.17. The van der Waals surface area contributed by atoms with Crippen molar-refractivity contribution in [2.75, 3.05) is 0 Å². The Morgan fingerprint density at radius 2 is 1.56 bits per heavy atom. The van der Waals surface area contributed by atoms with Gasteiger partial charge in [0.2, 0.25) is 11.8 Å². The fourth-order valence-electron chi connectivity index (χ4n) is 3.04. The van der Waals surface area contributed by atoms with Crippen LogP contribution < -0.4 is 0 Å². The Bertz CT molecular complexity index is 378. The van der Waals surface area contributed by atoms with Crippen LogP contribution in [0, 0.1) is 11.8 Å². The molecule has 0 aromatic heterocycles. The maximum atomic E-state index is 12.2. The molecule has 0 spiro atoms. The first kappa shape index (κ1) is 13.1. The third kappa shape index (κ3) is 1.64. The number of nitrogens with zero attached hydrogens (tertiary/aromatic N) is 1. The molecule has 2 fully saturated rings. The first-order chi connectivity index (χ1) is 8.42. The molecule has 1 aliphatic carbocycles. The summed E-state index contributed by atoms with van der Waals surface area (Å²) in [6.45, 7) is 3.40. The average molecular weight is 253 g/mol. The zero-order valence-electron chi connectivity index (χ0n) is 10.8. The van der Waals surface area contributed by atoms with Crippen LogP contribution >= 0.6 is 0 Å². The SMILES string of the molecule is CC1C(=O)N(C2(C(=O)O)CCCCC2)C(=O)C1C. The number of imide groups is 1. The van der Waals surface area contributed by atoms with Gasteiger partial charge >= 0.3 is 5.97 Å². The number of aliphatic carboxylic acids is 1. The molecule has 2 unspecified atom stereocenters. The minimum Gasteiger partial charge on any atom is -0.479 e. The molecule has 2 atom stereocenters. The number of amides is 2. The van der Waals surface area contributed by atoms with Gasteiger partial charge in [0, 0.05) is 11.8 Å². The second-order valence-corrected chi connectivity index (χ2v) is 5.49. The van der Waals surface area contributed by atoms with Gasteiger partial charge in [0.25, 0.3) is 0 Å². The van der Waals surface area contributed by atoms with Gasteiger partial charge < -0.3 is 5.11 Å². The van der Waals surface area contributed by atoms with Gasteiger partial charge in [-0.15, -0.1) is 0 Å². The van der Waals surface area contributed by atoms with Crippen molar-refractivity contribution in [3.8, 4) is 0 Å². The van der Waals surface area contributed by atoms with Crippen LogP contribution in [0.4, 0.5) is 0 Å². The molecule has 5 heteroatoms. The number of carbonyl (C=O) groups excluding carboxylic acids is 2. The summed E-state index contributed by atoms with van der Waals surface area (Å²) in [5, 5.41) is 9.51. The van der Waals surface area contributed by atoms with E-state index in [1.807, 2.05) is 0 Å². The third-order valence-electron chi connectivity index (χ3n) is 4.48. The minimum atomic E-state index is -1.29. The zero-order chi connectivity index (χ0) is 13.5. The van der Waals surface area contributed by atoms with Gasteiger partial charge in [-0.2, -0.15) is 0 Å². The normalized spacial score (nSPS) is 31.8. The Morgan fingerprint density at radius 1 is 1.11 bits per heavy atom. The van der Waals surface area contributed by atoms with E-state index in [1.165, 1.54) is 0 Å². The van der Waals surface area contributed by atoms with Crippen molar-refractivity contribution in [1.82, 2.24) is 4.90 Å². The molecule has 0 bridgehead atoms. The summed E-state index contributed by atoms with van der Waals surface area (Å²) in [4.78, 5) is 37.0. The van der Waals surface area contributed by atoms with Crippen molar-refractivity contribution in [3.05, 3.63) is 0 Å². The molecule has 2 rings (SSSR count). The van der Waals surface area contributed by atoms with Gasteiger partial charge in [-0.1, -0.05) is 33.1 Å². The summed E-state index contributed by atoms with van der Waals surface area (Å²) >= 11 is 0. The summed E-state index contributed by atoms with van der Waals surface area (Å²) in [6, 6.07) is 0. The topological polar surface area (TPSA) is 74.7 Å². The quantitative estimate of drug-likeness (QED) is 0.755. The first-order valence-corrected chi connectivity index (χ1v) is 6.53. The van der Waals surface area contributed by atoms with E-state index < -0.39 is 23.3 Å². The van der Waals surface area contributed by atoms with Crippen LogP contribution in [0.1, 0.15) is 46.0 Å². The fourth-order valence-corrected chi connectivity index (χ4v) is 3.04. The van der Waals surface area contributed by atoms with Gasteiger partial charge in [-0.05, 0) is 12.8 Å². The van der Waals surface area contributed by atoms with E-state index in [4.69, 9.17) is 0 Å². The van der Waals surface area contributed by atoms with Gasteiger partial charge in [0.05, 0.1) is 0 Å². The molecular weight excluding hydrogens is 234 g/mol. The standard InChI is InChI=1S/C13H19NO4/c1-8-9(2)11(16)14(10(8)15)13(12(17)18)6-4-3-5-7-13/h8-9H,3-7H2,1-2H3,(H,17,18). The molecular formula is C13H19NO4. The zero-order valence-corrected chi connectivity index (χ0v) is 10.8. The number of carboxylic acid groups (broad SMARTS) is 1. The third-order valence-corrected chi connectivity index (χ3v) is 4.48. The monoisotopic (exact) mass is 253 g/mol. The summed E-state index contributed by atoms with van der Waals surface area (Å²) in [5.74, 6) is -2.50. The molecule has 0 aromatic carbocycles. The van der Waals surface area contributed by atoms with Crippen molar-refractivity contribution < 1.29 is 19.5 Å². The fraction of sp³-hybridized carbons (Fsp3) is 0.769. The smallest absolute Gasteiger partial charge is 0.330 e. The van der Waals surface area contributed by atoms with Crippen LogP contribution in [0.25, 0.3) is 0 Å². The highest BCUT2D eigenvalue weighted by Crippen LogP contribution is 2.40. The molecule has 5 nitrogen and oxygen atoms in total. The van der Waals surface area contributed by atoms with Crippen molar-refractivity contribution >= 4 is 17.8 Å². The second kappa shape index (κ2) is 4.37. The lowest BCUT2D eigenvalue weighted by atomic mass is 9.80. The lowest BCUT2D eigenvalue weighted by Gasteiger charge is -2.39. The number of hydrogen-bond donors (Lipinski definition) is 1. The van der Waals surface area contributed by atoms with E-state index in [1.54, 1.807) is 13.8 Å². The molecule has 100 valence electrons. The van der Waals surface area contributed by atoms with Crippen LogP contribution in [0.15, 0.2) is 0 Å². The van der Waals surface area contributed by atoms with Crippen LogP contribution in [0.3, 0.4) is 0 Å². The minimum absolute atomic E-state index is 0.322. The molecule has 1 saturated carbocycles. The van der Waals surface area contributed by atoms with Crippen LogP contribution in [0.2, 0.25) is 0 Å². The molecule has 0 aromatic rings. The molecule has 18 heavy (non-hydrogen) atoms. The van der Waals surface area contributed by atoms with E-state index in [0.717, 1.165) is 24.2 Å². The van der Waals surface area contributed by atoms with Crippen LogP contribution in [0.5, 0.6) is 0 Å². The van der Waals surface area contributed by atoms with Gasteiger partial charge in [0.1, 0.15) is 5.54 Å². The Hall–Kier alpha value is -1.39. The van der Waals surface area contributed by atoms with Gasteiger partial charge in [-0.25, -0.2) is 4.79 Å². The van der Waals surface area contributed by atoms with E-state index in [2.05, 4.69) is 0 Å². The lowest BCUT2D eigenvalue weighted by molar-refractivity contribution is -0.166. The molecule has 2 aliphatic rings. The Labute approximate surface area is 106 Å². The van der Waals surface area contributed by atoms with E-state index in [-0.39, 0.29) is 11.8 Å². The van der Waals surface area contributed by atoms with Gasteiger partial charge in [-0.3, -0.25) is 14.5 Å². The van der Waals surface area contributed by atoms with Crippen molar-refractivity contribution in [1.29, 1.82) is 0 Å². The largest absolute Gasteiger partial charge is 0.479 e. The predicted molar refractivity (Wildman–Crippen MR) is 63.6 cm³/mol. The summed E-state index contributed by atoms with van der Waals surface area (Å²) < 4.78 is 0. The molecule has 1 N–H and O–H groups in total. The Morgan fingerprint density at radius 3 is 1.94 bits per heavy atom. The number of carbonyl (C=O) groups is 3. The van der Waals surface area contributed by atoms with Crippen molar-refractivity contribution in [2.24, 2.45) is 11.8 Å². The van der Waals surface area contributed by atoms with Crippen molar-refractivity contribution in [3.63, 3.8) is 0 Å². The average Bonchev–Trinajstić information content (AvgIpc) is 2.55. The predicted octanol–water partition coefficient (Wildman–Crippen LogP) is 1.41. The summed E-state index contributed by atoms with van der Waals surface area (Å²) in [7, 11) is 0.